The molecule has 6 heteroatoms. The Kier molecular flexibility index (Phi) is 4.96. The maximum Gasteiger partial charge on any atom is 0.335 e. The average Bonchev–Trinajstić information content (AvgIpc) is 2.61. The van der Waals surface area contributed by atoms with E-state index in [0.717, 1.165) is 37.6 Å². The number of rotatable bonds is 5. The van der Waals surface area contributed by atoms with E-state index in [9.17, 15) is 4.79 Å². The smallest absolute Gasteiger partial charge is 0.335 e. The molecular weight excluding hydrogens is 306 g/mol. The molecule has 0 radical (unpaired) electrons. The van der Waals surface area contributed by atoms with E-state index in [1.165, 1.54) is 12.1 Å². The number of carboxylic acids is 1. The van der Waals surface area contributed by atoms with Crippen LogP contribution in [-0.2, 0) is 6.61 Å². The van der Waals surface area contributed by atoms with Crippen LogP contribution in [0.25, 0.3) is 0 Å². The van der Waals surface area contributed by atoms with E-state index in [4.69, 9.17) is 9.84 Å². The Morgan fingerprint density at radius 2 is 1.88 bits per heavy atom. The van der Waals surface area contributed by atoms with Crippen molar-refractivity contribution in [2.75, 3.05) is 38.1 Å². The second-order valence-corrected chi connectivity index (χ2v) is 5.88. The van der Waals surface area contributed by atoms with Crippen LogP contribution >= 0.6 is 0 Å². The van der Waals surface area contributed by atoms with Gasteiger partial charge in [-0.2, -0.15) is 0 Å². The van der Waals surface area contributed by atoms with Gasteiger partial charge in [0, 0.05) is 32.4 Å². The minimum atomic E-state index is -0.941. The molecule has 2 aromatic rings. The number of aromatic nitrogens is 1. The summed E-state index contributed by atoms with van der Waals surface area (Å²) in [5, 5.41) is 8.92. The van der Waals surface area contributed by atoms with Gasteiger partial charge in [-0.05, 0) is 43.4 Å². The lowest BCUT2D eigenvalue weighted by molar-refractivity contribution is 0.0697. The molecule has 1 saturated heterocycles. The summed E-state index contributed by atoms with van der Waals surface area (Å²) in [7, 11) is 2.13. The Hall–Kier alpha value is -2.60. The summed E-state index contributed by atoms with van der Waals surface area (Å²) in [6.07, 6.45) is 1.77. The summed E-state index contributed by atoms with van der Waals surface area (Å²) in [6, 6.07) is 10.4. The molecule has 3 rings (SSSR count). The number of nitrogens with zero attached hydrogens (tertiary/aromatic N) is 3. The van der Waals surface area contributed by atoms with Crippen molar-refractivity contribution < 1.29 is 14.6 Å². The van der Waals surface area contributed by atoms with Gasteiger partial charge in [0.25, 0.3) is 0 Å². The normalized spacial score (nSPS) is 15.3. The highest BCUT2D eigenvalue weighted by Gasteiger charge is 2.17. The van der Waals surface area contributed by atoms with Crippen molar-refractivity contribution in [3.05, 3.63) is 53.9 Å². The van der Waals surface area contributed by atoms with E-state index >= 15 is 0 Å². The molecular formula is C18H21N3O3. The molecule has 6 nitrogen and oxygen atoms in total. The van der Waals surface area contributed by atoms with Gasteiger partial charge in [0.05, 0.1) is 11.3 Å². The Morgan fingerprint density at radius 1 is 1.17 bits per heavy atom. The predicted molar refractivity (Wildman–Crippen MR) is 91.7 cm³/mol. The molecule has 0 aliphatic carbocycles. The number of piperazine rings is 1. The third kappa shape index (κ3) is 3.83. The molecule has 1 aliphatic heterocycles. The number of ether oxygens (including phenoxy) is 1. The number of aromatic carboxylic acids is 1. The molecule has 1 aliphatic rings. The fraction of sp³-hybridized carbons (Fsp3) is 0.333. The van der Waals surface area contributed by atoms with E-state index in [1.54, 1.807) is 18.3 Å². The van der Waals surface area contributed by atoms with Crippen molar-refractivity contribution in [1.82, 2.24) is 9.88 Å². The van der Waals surface area contributed by atoms with Gasteiger partial charge in [0.15, 0.2) is 0 Å². The van der Waals surface area contributed by atoms with Crippen molar-refractivity contribution in [2.45, 2.75) is 6.61 Å². The summed E-state index contributed by atoms with van der Waals surface area (Å²) >= 11 is 0. The van der Waals surface area contributed by atoms with Gasteiger partial charge in [-0.25, -0.2) is 4.79 Å². The average molecular weight is 327 g/mol. The van der Waals surface area contributed by atoms with Crippen molar-refractivity contribution in [2.24, 2.45) is 0 Å². The predicted octanol–water partition coefficient (Wildman–Crippen LogP) is 2.11. The molecule has 0 amide bonds. The van der Waals surface area contributed by atoms with Crippen molar-refractivity contribution in [3.63, 3.8) is 0 Å². The Morgan fingerprint density at radius 3 is 2.54 bits per heavy atom. The highest BCUT2D eigenvalue weighted by Crippen LogP contribution is 2.22. The summed E-state index contributed by atoms with van der Waals surface area (Å²) in [6.45, 7) is 4.37. The van der Waals surface area contributed by atoms with E-state index in [2.05, 4.69) is 27.9 Å². The van der Waals surface area contributed by atoms with E-state index in [0.29, 0.717) is 12.4 Å². The first-order chi connectivity index (χ1) is 11.6. The van der Waals surface area contributed by atoms with Crippen LogP contribution in [0.4, 0.5) is 5.69 Å². The zero-order valence-corrected chi connectivity index (χ0v) is 13.7. The summed E-state index contributed by atoms with van der Waals surface area (Å²) in [4.78, 5) is 20.0. The third-order valence-corrected chi connectivity index (χ3v) is 4.19. The van der Waals surface area contributed by atoms with Crippen LogP contribution in [0, 0.1) is 0 Å². The molecule has 0 bridgehead atoms. The van der Waals surface area contributed by atoms with Gasteiger partial charge in [-0.15, -0.1) is 0 Å². The summed E-state index contributed by atoms with van der Waals surface area (Å²) < 4.78 is 5.79. The number of hydrogen-bond acceptors (Lipinski definition) is 5. The van der Waals surface area contributed by atoms with Crippen LogP contribution in [0.5, 0.6) is 5.75 Å². The molecule has 0 spiro atoms. The van der Waals surface area contributed by atoms with Gasteiger partial charge in [-0.1, -0.05) is 0 Å². The van der Waals surface area contributed by atoms with Crippen molar-refractivity contribution in [3.8, 4) is 5.75 Å². The summed E-state index contributed by atoms with van der Waals surface area (Å²) in [5.41, 5.74) is 2.25. The lowest BCUT2D eigenvalue weighted by atomic mass is 10.2. The lowest BCUT2D eigenvalue weighted by Gasteiger charge is -2.34. The highest BCUT2D eigenvalue weighted by molar-refractivity contribution is 5.87. The second-order valence-electron chi connectivity index (χ2n) is 5.88. The van der Waals surface area contributed by atoms with Gasteiger partial charge in [-0.3, -0.25) is 4.98 Å². The van der Waals surface area contributed by atoms with Gasteiger partial charge >= 0.3 is 5.97 Å². The summed E-state index contributed by atoms with van der Waals surface area (Å²) in [5.74, 6) is -0.307. The standard InChI is InChI=1S/C18H21N3O3/c1-20-9-11-21(12-10-20)17-3-2-8-19-16(17)13-24-15-6-4-14(5-7-15)18(22)23/h2-8H,9-13H2,1H3,(H,22,23). The number of pyridine rings is 1. The molecule has 126 valence electrons. The topological polar surface area (TPSA) is 65.9 Å². The first kappa shape index (κ1) is 16.3. The molecule has 1 N–H and O–H groups in total. The zero-order chi connectivity index (χ0) is 16.9. The molecule has 0 atom stereocenters. The van der Waals surface area contributed by atoms with Crippen molar-refractivity contribution >= 4 is 11.7 Å². The molecule has 1 fully saturated rings. The Bertz CT molecular complexity index is 695. The van der Waals surface area contributed by atoms with Gasteiger partial charge in [0.2, 0.25) is 0 Å². The highest BCUT2D eigenvalue weighted by atomic mass is 16.5. The number of hydrogen-bond donors (Lipinski definition) is 1. The van der Waals surface area contributed by atoms with E-state index in [1.807, 2.05) is 6.07 Å². The molecule has 1 aromatic carbocycles. The van der Waals surface area contributed by atoms with Crippen LogP contribution in [0.2, 0.25) is 0 Å². The van der Waals surface area contributed by atoms with Crippen LogP contribution in [0.3, 0.4) is 0 Å². The monoisotopic (exact) mass is 327 g/mol. The first-order valence-electron chi connectivity index (χ1n) is 7.97. The zero-order valence-electron chi connectivity index (χ0n) is 13.7. The largest absolute Gasteiger partial charge is 0.487 e. The molecule has 1 aromatic heterocycles. The third-order valence-electron chi connectivity index (χ3n) is 4.19. The number of benzene rings is 1. The van der Waals surface area contributed by atoms with Gasteiger partial charge in [0.1, 0.15) is 18.1 Å². The van der Waals surface area contributed by atoms with E-state index < -0.39 is 5.97 Å². The molecule has 0 saturated carbocycles. The molecule has 0 unspecified atom stereocenters. The molecule has 2 heterocycles. The Labute approximate surface area is 141 Å². The Balaban J connectivity index is 1.68. The van der Waals surface area contributed by atoms with Crippen LogP contribution < -0.4 is 9.64 Å². The number of likely N-dealkylation sites (N-methyl/N-ethyl adjacent to an activating group) is 1. The number of anilines is 1. The quantitative estimate of drug-likeness (QED) is 0.907. The number of carboxylic acid groups (broad SMARTS) is 1. The number of carbonyl (C=O) groups is 1. The van der Waals surface area contributed by atoms with Crippen molar-refractivity contribution in [1.29, 1.82) is 0 Å². The molecule has 24 heavy (non-hydrogen) atoms. The van der Waals surface area contributed by atoms with Crippen LogP contribution in [0.15, 0.2) is 42.6 Å². The van der Waals surface area contributed by atoms with E-state index in [-0.39, 0.29) is 5.56 Å². The fourth-order valence-electron chi connectivity index (χ4n) is 2.72. The maximum absolute atomic E-state index is 10.9. The first-order valence-corrected chi connectivity index (χ1v) is 7.97. The lowest BCUT2D eigenvalue weighted by Crippen LogP contribution is -2.44. The van der Waals surface area contributed by atoms with Gasteiger partial charge < -0.3 is 19.6 Å². The second kappa shape index (κ2) is 7.31. The maximum atomic E-state index is 10.9. The minimum Gasteiger partial charge on any atom is -0.487 e. The minimum absolute atomic E-state index is 0.248. The SMILES string of the molecule is CN1CCN(c2cccnc2COc2ccc(C(=O)O)cc2)CC1. The van der Waals surface area contributed by atoms with Crippen LogP contribution in [0.1, 0.15) is 16.1 Å². The van der Waals surface area contributed by atoms with Crippen LogP contribution in [-0.4, -0.2) is 54.2 Å². The fourth-order valence-corrected chi connectivity index (χ4v) is 2.72.